The van der Waals surface area contributed by atoms with Crippen molar-refractivity contribution in [1.82, 2.24) is 14.5 Å². The van der Waals surface area contributed by atoms with Gasteiger partial charge in [-0.15, -0.1) is 0 Å². The highest BCUT2D eigenvalue weighted by Gasteiger charge is 2.60. The minimum absolute atomic E-state index is 0.00884. The summed E-state index contributed by atoms with van der Waals surface area (Å²) in [4.78, 5) is 14.9. The van der Waals surface area contributed by atoms with Crippen LogP contribution in [-0.2, 0) is 24.3 Å². The quantitative estimate of drug-likeness (QED) is 0.683. The summed E-state index contributed by atoms with van der Waals surface area (Å²) < 4.78 is 45.9. The van der Waals surface area contributed by atoms with Crippen LogP contribution < -0.4 is 10.1 Å². The van der Waals surface area contributed by atoms with Crippen molar-refractivity contribution in [1.29, 1.82) is 0 Å². The number of ether oxygens (including phenoxy) is 3. The van der Waals surface area contributed by atoms with E-state index in [0.29, 0.717) is 22.9 Å². The number of halogens is 1. The number of hydrogen-bond donors (Lipinski definition) is 1. The van der Waals surface area contributed by atoms with Crippen LogP contribution in [0.2, 0.25) is 5.02 Å². The molecule has 0 aliphatic carbocycles. The number of rotatable bonds is 4. The number of piperazine rings is 1. The lowest BCUT2D eigenvalue weighted by molar-refractivity contribution is -0.195. The van der Waals surface area contributed by atoms with Gasteiger partial charge in [-0.05, 0) is 50.2 Å². The van der Waals surface area contributed by atoms with Crippen LogP contribution in [0.4, 0.5) is 0 Å². The maximum Gasteiger partial charge on any atom is 0.243 e. The fourth-order valence-electron chi connectivity index (χ4n) is 5.05. The van der Waals surface area contributed by atoms with Crippen molar-refractivity contribution < 1.29 is 27.4 Å². The number of carbonyl (C=O) groups excluding carboxylic acids is 1. The van der Waals surface area contributed by atoms with Crippen LogP contribution in [0.1, 0.15) is 18.4 Å². The van der Waals surface area contributed by atoms with E-state index in [4.69, 9.17) is 25.8 Å². The number of amides is 1. The first kappa shape index (κ1) is 22.1. The first-order valence-corrected chi connectivity index (χ1v) is 12.4. The van der Waals surface area contributed by atoms with Gasteiger partial charge in [-0.1, -0.05) is 11.6 Å². The Hall–Kier alpha value is -1.69. The standard InChI is InChI=1S/C21H26ClN3O6S/c1-29-14-21-13-24(10-19(26)25(21)12-20(31-21)4-6-23-7-5-20)32(27,28)17-8-15-2-3-16(22)9-18(15)30-11-17/h2-3,8-9,23H,4-7,10-14H2,1H3. The molecule has 4 aliphatic rings. The van der Waals surface area contributed by atoms with Crippen molar-refractivity contribution in [3.8, 4) is 5.75 Å². The van der Waals surface area contributed by atoms with Gasteiger partial charge in [-0.25, -0.2) is 8.42 Å². The number of benzene rings is 1. The van der Waals surface area contributed by atoms with Crippen LogP contribution in [-0.4, -0.2) is 87.9 Å². The van der Waals surface area contributed by atoms with Gasteiger partial charge < -0.3 is 24.4 Å². The second-order valence-electron chi connectivity index (χ2n) is 8.75. The summed E-state index contributed by atoms with van der Waals surface area (Å²) in [5.74, 6) is 0.247. The number of carbonyl (C=O) groups is 1. The van der Waals surface area contributed by atoms with Gasteiger partial charge in [0.25, 0.3) is 0 Å². The fourth-order valence-corrected chi connectivity index (χ4v) is 6.68. The number of nitrogens with zero attached hydrogens (tertiary/aromatic N) is 2. The van der Waals surface area contributed by atoms with E-state index in [-0.39, 0.29) is 37.1 Å². The van der Waals surface area contributed by atoms with Crippen molar-refractivity contribution in [3.05, 3.63) is 33.7 Å². The highest BCUT2D eigenvalue weighted by atomic mass is 35.5. The van der Waals surface area contributed by atoms with Crippen molar-refractivity contribution in [2.45, 2.75) is 24.2 Å². The largest absolute Gasteiger partial charge is 0.487 e. The summed E-state index contributed by atoms with van der Waals surface area (Å²) in [6, 6.07) is 5.04. The Morgan fingerprint density at radius 1 is 1.25 bits per heavy atom. The lowest BCUT2D eigenvalue weighted by Crippen LogP contribution is -2.65. The molecule has 1 spiro atoms. The Kier molecular flexibility index (Phi) is 5.51. The van der Waals surface area contributed by atoms with Gasteiger partial charge in [0.2, 0.25) is 15.9 Å². The van der Waals surface area contributed by atoms with Gasteiger partial charge in [0.05, 0.1) is 36.7 Å². The van der Waals surface area contributed by atoms with Gasteiger partial charge in [-0.3, -0.25) is 4.79 Å². The van der Waals surface area contributed by atoms with E-state index < -0.39 is 21.3 Å². The second-order valence-corrected chi connectivity index (χ2v) is 11.2. The van der Waals surface area contributed by atoms with Crippen molar-refractivity contribution >= 4 is 33.6 Å². The molecule has 4 heterocycles. The molecule has 1 aromatic rings. The van der Waals surface area contributed by atoms with Crippen LogP contribution in [0.25, 0.3) is 6.08 Å². The first-order chi connectivity index (χ1) is 15.3. The third-order valence-electron chi connectivity index (χ3n) is 6.60. The number of fused-ring (bicyclic) bond motifs is 2. The number of hydrogen-bond acceptors (Lipinski definition) is 7. The molecule has 32 heavy (non-hydrogen) atoms. The molecule has 3 saturated heterocycles. The summed E-state index contributed by atoms with van der Waals surface area (Å²) >= 11 is 6.00. The first-order valence-electron chi connectivity index (χ1n) is 10.6. The topological polar surface area (TPSA) is 97.4 Å². The van der Waals surface area contributed by atoms with Gasteiger partial charge in [0.1, 0.15) is 12.4 Å². The lowest BCUT2D eigenvalue weighted by Gasteiger charge is -2.44. The molecule has 0 aromatic heterocycles. The third kappa shape index (κ3) is 3.63. The zero-order valence-corrected chi connectivity index (χ0v) is 19.4. The minimum atomic E-state index is -3.97. The zero-order chi connectivity index (χ0) is 22.6. The Labute approximate surface area is 192 Å². The highest BCUT2D eigenvalue weighted by Crippen LogP contribution is 2.43. The van der Waals surface area contributed by atoms with E-state index in [1.165, 1.54) is 11.4 Å². The second kappa shape index (κ2) is 7.96. The maximum absolute atomic E-state index is 13.5. The van der Waals surface area contributed by atoms with Crippen molar-refractivity contribution in [3.63, 3.8) is 0 Å². The molecule has 174 valence electrons. The van der Waals surface area contributed by atoms with Crippen molar-refractivity contribution in [2.24, 2.45) is 0 Å². The lowest BCUT2D eigenvalue weighted by atomic mass is 9.92. The molecule has 9 nitrogen and oxygen atoms in total. The molecule has 0 radical (unpaired) electrons. The summed E-state index contributed by atoms with van der Waals surface area (Å²) in [6.45, 7) is 1.77. The van der Waals surface area contributed by atoms with E-state index in [1.54, 1.807) is 29.2 Å². The molecule has 1 N–H and O–H groups in total. The molecular formula is C21H26ClN3O6S. The Bertz CT molecular complexity index is 1070. The van der Waals surface area contributed by atoms with Crippen molar-refractivity contribution in [2.75, 3.05) is 53.0 Å². The summed E-state index contributed by atoms with van der Waals surface area (Å²) in [7, 11) is -2.44. The SMILES string of the molecule is COCC12CN(S(=O)(=O)C3=Cc4ccc(Cl)cc4OC3)CC(=O)N1CC1(CCNCC1)O2. The molecule has 1 unspecified atom stereocenters. The minimum Gasteiger partial charge on any atom is -0.487 e. The number of methoxy groups -OCH3 is 1. The number of sulfonamides is 1. The predicted octanol–water partition coefficient (Wildman–Crippen LogP) is 1.04. The van der Waals surface area contributed by atoms with Crippen LogP contribution in [0.15, 0.2) is 23.1 Å². The van der Waals surface area contributed by atoms with Gasteiger partial charge in [0, 0.05) is 17.7 Å². The van der Waals surface area contributed by atoms with E-state index >= 15 is 0 Å². The van der Waals surface area contributed by atoms with E-state index in [9.17, 15) is 13.2 Å². The molecular weight excluding hydrogens is 458 g/mol. The zero-order valence-electron chi connectivity index (χ0n) is 17.8. The molecule has 11 heteroatoms. The molecule has 4 aliphatic heterocycles. The Balaban J connectivity index is 1.46. The fraction of sp³-hybridized carbons (Fsp3) is 0.571. The van der Waals surface area contributed by atoms with Crippen LogP contribution in [0.5, 0.6) is 5.75 Å². The molecule has 0 bridgehead atoms. The van der Waals surface area contributed by atoms with E-state index in [2.05, 4.69) is 5.32 Å². The van der Waals surface area contributed by atoms with E-state index in [1.807, 2.05) is 0 Å². The number of piperidine rings is 1. The maximum atomic E-state index is 13.5. The third-order valence-corrected chi connectivity index (χ3v) is 8.67. The smallest absolute Gasteiger partial charge is 0.243 e. The summed E-state index contributed by atoms with van der Waals surface area (Å²) in [5, 5.41) is 3.82. The molecule has 1 amide bonds. The predicted molar refractivity (Wildman–Crippen MR) is 118 cm³/mol. The Morgan fingerprint density at radius 3 is 2.78 bits per heavy atom. The summed E-state index contributed by atoms with van der Waals surface area (Å²) in [5.41, 5.74) is -0.998. The molecule has 1 aromatic carbocycles. The molecule has 5 rings (SSSR count). The Morgan fingerprint density at radius 2 is 2.03 bits per heavy atom. The van der Waals surface area contributed by atoms with Gasteiger partial charge >= 0.3 is 0 Å². The molecule has 3 fully saturated rings. The van der Waals surface area contributed by atoms with Gasteiger partial charge in [-0.2, -0.15) is 4.31 Å². The highest BCUT2D eigenvalue weighted by molar-refractivity contribution is 7.93. The molecule has 0 saturated carbocycles. The summed E-state index contributed by atoms with van der Waals surface area (Å²) in [6.07, 6.45) is 3.09. The normalized spacial score (nSPS) is 27.6. The van der Waals surface area contributed by atoms with Crippen LogP contribution in [0.3, 0.4) is 0 Å². The van der Waals surface area contributed by atoms with Crippen LogP contribution >= 0.6 is 11.6 Å². The average molecular weight is 484 g/mol. The van der Waals surface area contributed by atoms with Gasteiger partial charge in [0.15, 0.2) is 5.72 Å². The van der Waals surface area contributed by atoms with Crippen LogP contribution in [0, 0.1) is 0 Å². The molecule has 1 atom stereocenters. The number of nitrogens with one attached hydrogen (secondary N) is 1. The monoisotopic (exact) mass is 483 g/mol. The average Bonchev–Trinajstić information content (AvgIpc) is 3.07. The van der Waals surface area contributed by atoms with E-state index in [0.717, 1.165) is 25.9 Å².